The van der Waals surface area contributed by atoms with Crippen molar-refractivity contribution in [2.24, 2.45) is 10.3 Å². The highest BCUT2D eigenvalue weighted by Crippen LogP contribution is 2.08. The fraction of sp³-hybridized carbons (Fsp3) is 0.273. The van der Waals surface area contributed by atoms with Crippen LogP contribution in [0.2, 0.25) is 0 Å². The van der Waals surface area contributed by atoms with Crippen molar-refractivity contribution in [3.05, 3.63) is 29.8 Å². The van der Waals surface area contributed by atoms with Crippen molar-refractivity contribution >= 4 is 12.6 Å². The number of hydrogen-bond acceptors (Lipinski definition) is 6. The van der Waals surface area contributed by atoms with Gasteiger partial charge in [0.05, 0.1) is 6.21 Å². The number of rotatable bonds is 2. The lowest BCUT2D eigenvalue weighted by molar-refractivity contribution is 0.0719. The fourth-order valence-electron chi connectivity index (χ4n) is 0.970. The third kappa shape index (κ3) is 6.03. The number of oxime groups is 2. The fourth-order valence-corrected chi connectivity index (χ4v) is 0.970. The molecule has 17 heavy (non-hydrogen) atoms. The molecular formula is C11H14N2O4. The smallest absolute Gasteiger partial charge is 0.212 e. The van der Waals surface area contributed by atoms with Gasteiger partial charge in [0, 0.05) is 0 Å². The molecule has 1 heterocycles. The van der Waals surface area contributed by atoms with Gasteiger partial charge < -0.3 is 19.5 Å². The zero-order valence-corrected chi connectivity index (χ0v) is 9.44. The first-order valence-corrected chi connectivity index (χ1v) is 4.94. The third-order valence-electron chi connectivity index (χ3n) is 1.66. The van der Waals surface area contributed by atoms with Crippen molar-refractivity contribution in [1.82, 2.24) is 0 Å². The summed E-state index contributed by atoms with van der Waals surface area (Å²) in [7, 11) is 1.47. The zero-order chi connectivity index (χ0) is 12.3. The molecule has 0 fully saturated rings. The molecule has 0 unspecified atom stereocenters. The van der Waals surface area contributed by atoms with Gasteiger partial charge in [0.1, 0.15) is 19.5 Å². The van der Waals surface area contributed by atoms with Gasteiger partial charge in [-0.2, -0.15) is 0 Å². The summed E-state index contributed by atoms with van der Waals surface area (Å²) in [6, 6.07) is 6.77. The van der Waals surface area contributed by atoms with E-state index in [9.17, 15) is 0 Å². The average Bonchev–Trinajstić information content (AvgIpc) is 2.39. The van der Waals surface area contributed by atoms with E-state index in [1.165, 1.54) is 19.7 Å². The first-order chi connectivity index (χ1) is 8.33. The van der Waals surface area contributed by atoms with Gasteiger partial charge in [-0.25, -0.2) is 0 Å². The van der Waals surface area contributed by atoms with Crippen LogP contribution in [-0.4, -0.2) is 38.0 Å². The minimum absolute atomic E-state index is 0.227. The summed E-state index contributed by atoms with van der Waals surface area (Å²) in [5, 5.41) is 15.9. The number of benzene rings is 1. The van der Waals surface area contributed by atoms with Crippen LogP contribution in [-0.2, 0) is 14.4 Å². The van der Waals surface area contributed by atoms with Crippen LogP contribution in [0.5, 0.6) is 5.75 Å². The summed E-state index contributed by atoms with van der Waals surface area (Å²) in [4.78, 5) is 8.99. The molecule has 0 aromatic heterocycles. The third-order valence-corrected chi connectivity index (χ3v) is 1.66. The molecule has 2 rings (SSSR count). The molecule has 0 atom stereocenters. The van der Waals surface area contributed by atoms with Crippen molar-refractivity contribution in [1.29, 1.82) is 0 Å². The lowest BCUT2D eigenvalue weighted by Crippen LogP contribution is -2.04. The highest BCUT2D eigenvalue weighted by molar-refractivity contribution is 5.79. The molecule has 0 saturated heterocycles. The van der Waals surface area contributed by atoms with Crippen LogP contribution in [0.1, 0.15) is 5.56 Å². The Morgan fingerprint density at radius 1 is 1.47 bits per heavy atom. The predicted octanol–water partition coefficient (Wildman–Crippen LogP) is 1.35. The molecule has 1 aromatic carbocycles. The predicted molar refractivity (Wildman–Crippen MR) is 63.1 cm³/mol. The topological polar surface area (TPSA) is 72.6 Å². The molecule has 0 aliphatic carbocycles. The number of nitrogens with zero attached hydrogens (tertiary/aromatic N) is 2. The quantitative estimate of drug-likeness (QED) is 0.623. The van der Waals surface area contributed by atoms with E-state index in [1.54, 1.807) is 18.2 Å². The molecule has 0 saturated carbocycles. The van der Waals surface area contributed by atoms with Crippen LogP contribution in [0.25, 0.3) is 0 Å². The van der Waals surface area contributed by atoms with Gasteiger partial charge in [0.15, 0.2) is 6.61 Å². The van der Waals surface area contributed by atoms with E-state index in [-0.39, 0.29) is 5.75 Å². The number of ether oxygens (including phenoxy) is 1. The van der Waals surface area contributed by atoms with Gasteiger partial charge in [-0.15, -0.1) is 0 Å². The molecule has 0 bridgehead atoms. The molecule has 6 nitrogen and oxygen atoms in total. The van der Waals surface area contributed by atoms with Gasteiger partial charge in [0.2, 0.25) is 6.40 Å². The van der Waals surface area contributed by atoms with Crippen LogP contribution in [0.3, 0.4) is 0 Å². The summed E-state index contributed by atoms with van der Waals surface area (Å²) in [6.07, 6.45) is 2.82. The van der Waals surface area contributed by atoms with Crippen molar-refractivity contribution < 1.29 is 19.5 Å². The zero-order valence-electron chi connectivity index (χ0n) is 9.44. The second kappa shape index (κ2) is 7.98. The van der Waals surface area contributed by atoms with E-state index < -0.39 is 0 Å². The van der Waals surface area contributed by atoms with E-state index in [0.29, 0.717) is 13.2 Å². The largest absolute Gasteiger partial charge is 0.508 e. The SMILES string of the molecule is C1=NOCCO1.CO/N=C\c1cccc(O)c1. The van der Waals surface area contributed by atoms with E-state index in [2.05, 4.69) is 24.7 Å². The van der Waals surface area contributed by atoms with Crippen LogP contribution in [0.4, 0.5) is 0 Å². The Labute approximate surface area is 99.1 Å². The summed E-state index contributed by atoms with van der Waals surface area (Å²) in [6.45, 7) is 1.21. The van der Waals surface area contributed by atoms with Crippen molar-refractivity contribution in [2.75, 3.05) is 20.3 Å². The van der Waals surface area contributed by atoms with Crippen molar-refractivity contribution in [3.8, 4) is 5.75 Å². The standard InChI is InChI=1S/C8H9NO2.C3H5NO2/c1-11-9-6-7-3-2-4-8(10)5-7;1-2-6-4-3-5-1/h2-6,10H,1H3;3H,1-2H2/b9-6-;. The molecule has 92 valence electrons. The molecule has 1 aromatic rings. The number of phenolic OH excluding ortho intramolecular Hbond substituents is 1. The Balaban J connectivity index is 0.000000202. The highest BCUT2D eigenvalue weighted by atomic mass is 16.7. The monoisotopic (exact) mass is 238 g/mol. The first-order valence-electron chi connectivity index (χ1n) is 4.94. The van der Waals surface area contributed by atoms with Crippen LogP contribution >= 0.6 is 0 Å². The van der Waals surface area contributed by atoms with E-state index in [1.807, 2.05) is 6.07 Å². The van der Waals surface area contributed by atoms with Crippen molar-refractivity contribution in [2.45, 2.75) is 0 Å². The van der Waals surface area contributed by atoms with Gasteiger partial charge in [-0.3, -0.25) is 0 Å². The normalized spacial score (nSPS) is 13.2. The molecule has 6 heteroatoms. The van der Waals surface area contributed by atoms with Gasteiger partial charge >= 0.3 is 0 Å². The van der Waals surface area contributed by atoms with Gasteiger partial charge in [-0.1, -0.05) is 22.4 Å². The van der Waals surface area contributed by atoms with Gasteiger partial charge in [0.25, 0.3) is 0 Å². The lowest BCUT2D eigenvalue weighted by atomic mass is 10.2. The summed E-state index contributed by atoms with van der Waals surface area (Å²) in [5.41, 5.74) is 0.812. The maximum Gasteiger partial charge on any atom is 0.212 e. The molecule has 0 amide bonds. The Bertz CT molecular complexity index is 371. The second-order valence-electron chi connectivity index (χ2n) is 2.93. The molecule has 1 aliphatic heterocycles. The van der Waals surface area contributed by atoms with E-state index in [4.69, 9.17) is 5.11 Å². The Morgan fingerprint density at radius 2 is 2.35 bits per heavy atom. The maximum atomic E-state index is 9.01. The Morgan fingerprint density at radius 3 is 2.82 bits per heavy atom. The van der Waals surface area contributed by atoms with E-state index >= 15 is 0 Å². The summed E-state index contributed by atoms with van der Waals surface area (Å²) < 4.78 is 4.65. The molecule has 1 aliphatic rings. The van der Waals surface area contributed by atoms with Crippen molar-refractivity contribution in [3.63, 3.8) is 0 Å². The van der Waals surface area contributed by atoms with Gasteiger partial charge in [-0.05, 0) is 17.7 Å². The first kappa shape index (κ1) is 12.8. The van der Waals surface area contributed by atoms with Crippen LogP contribution < -0.4 is 0 Å². The van der Waals surface area contributed by atoms with Crippen LogP contribution in [0.15, 0.2) is 34.6 Å². The van der Waals surface area contributed by atoms with Crippen LogP contribution in [0, 0.1) is 0 Å². The number of hydrogen-bond donors (Lipinski definition) is 1. The molecule has 0 radical (unpaired) electrons. The summed E-state index contributed by atoms with van der Waals surface area (Å²) in [5.74, 6) is 0.227. The minimum Gasteiger partial charge on any atom is -0.508 e. The molecular weight excluding hydrogens is 224 g/mol. The molecule has 1 N–H and O–H groups in total. The lowest BCUT2D eigenvalue weighted by Gasteiger charge is -2.02. The number of phenols is 1. The molecule has 0 spiro atoms. The average molecular weight is 238 g/mol. The Hall–Kier alpha value is -2.24. The Kier molecular flexibility index (Phi) is 6.02. The highest BCUT2D eigenvalue weighted by Gasteiger charge is 1.88. The maximum absolute atomic E-state index is 9.01. The second-order valence-corrected chi connectivity index (χ2v) is 2.93. The summed E-state index contributed by atoms with van der Waals surface area (Å²) >= 11 is 0. The number of aromatic hydroxyl groups is 1. The minimum atomic E-state index is 0.227. The van der Waals surface area contributed by atoms with E-state index in [0.717, 1.165) is 5.56 Å².